The Morgan fingerprint density at radius 3 is 2.50 bits per heavy atom. The molecule has 1 rings (SSSR count). The van der Waals surface area contributed by atoms with Crippen molar-refractivity contribution in [2.75, 3.05) is 0 Å². The second-order valence-corrected chi connectivity index (χ2v) is 5.92. The fraction of sp³-hybridized carbons (Fsp3) is 0.909. The maximum Gasteiger partial charge on any atom is 0.220 e. The molecule has 0 aromatic rings. The summed E-state index contributed by atoms with van der Waals surface area (Å²) >= 11 is 6.08. The molecule has 82 valence electrons. The third-order valence-electron chi connectivity index (χ3n) is 2.47. The van der Waals surface area contributed by atoms with E-state index in [-0.39, 0.29) is 22.7 Å². The molecule has 2 atom stereocenters. The zero-order valence-electron chi connectivity index (χ0n) is 9.27. The summed E-state index contributed by atoms with van der Waals surface area (Å²) in [5, 5.41) is 3.15. The van der Waals surface area contributed by atoms with Crippen LogP contribution in [0.15, 0.2) is 0 Å². The SMILES string of the molecule is CC(C)(C)CC(=O)NC1CCCC1Cl. The molecule has 2 nitrogen and oxygen atoms in total. The molecular formula is C11H20ClNO. The number of carbonyl (C=O) groups is 1. The van der Waals surface area contributed by atoms with Gasteiger partial charge in [0.05, 0.1) is 5.38 Å². The van der Waals surface area contributed by atoms with Gasteiger partial charge in [0.1, 0.15) is 0 Å². The molecule has 1 aliphatic carbocycles. The number of hydrogen-bond donors (Lipinski definition) is 1. The van der Waals surface area contributed by atoms with E-state index < -0.39 is 0 Å². The number of nitrogens with one attached hydrogen (secondary N) is 1. The van der Waals surface area contributed by atoms with Crippen LogP contribution in [0.4, 0.5) is 0 Å². The van der Waals surface area contributed by atoms with Gasteiger partial charge in [-0.25, -0.2) is 0 Å². The zero-order chi connectivity index (χ0) is 10.8. The van der Waals surface area contributed by atoms with E-state index >= 15 is 0 Å². The molecule has 0 aromatic heterocycles. The van der Waals surface area contributed by atoms with E-state index in [9.17, 15) is 4.79 Å². The molecule has 1 fully saturated rings. The highest BCUT2D eigenvalue weighted by molar-refractivity contribution is 6.21. The number of hydrogen-bond acceptors (Lipinski definition) is 1. The van der Waals surface area contributed by atoms with E-state index in [0.29, 0.717) is 6.42 Å². The van der Waals surface area contributed by atoms with Gasteiger partial charge < -0.3 is 5.32 Å². The summed E-state index contributed by atoms with van der Waals surface area (Å²) in [6, 6.07) is 0.200. The van der Waals surface area contributed by atoms with Crippen molar-refractivity contribution in [3.05, 3.63) is 0 Å². The average Bonchev–Trinajstić information content (AvgIpc) is 2.32. The third-order valence-corrected chi connectivity index (χ3v) is 2.99. The molecule has 0 spiro atoms. The first-order valence-electron chi connectivity index (χ1n) is 5.32. The van der Waals surface area contributed by atoms with E-state index in [1.165, 1.54) is 0 Å². The fourth-order valence-electron chi connectivity index (χ4n) is 1.82. The summed E-state index contributed by atoms with van der Waals surface area (Å²) < 4.78 is 0. The number of rotatable bonds is 2. The van der Waals surface area contributed by atoms with Crippen LogP contribution in [0.25, 0.3) is 0 Å². The average molecular weight is 218 g/mol. The second-order valence-electron chi connectivity index (χ2n) is 5.36. The van der Waals surface area contributed by atoms with Crippen LogP contribution in [0.5, 0.6) is 0 Å². The monoisotopic (exact) mass is 217 g/mol. The summed E-state index contributed by atoms with van der Waals surface area (Å²) in [6.07, 6.45) is 3.77. The molecule has 0 aromatic carbocycles. The lowest BCUT2D eigenvalue weighted by Gasteiger charge is -2.21. The maximum atomic E-state index is 11.6. The van der Waals surface area contributed by atoms with Crippen molar-refractivity contribution in [1.82, 2.24) is 5.32 Å². The van der Waals surface area contributed by atoms with E-state index in [2.05, 4.69) is 26.1 Å². The van der Waals surface area contributed by atoms with Gasteiger partial charge in [-0.2, -0.15) is 0 Å². The Hall–Kier alpha value is -0.240. The van der Waals surface area contributed by atoms with Crippen molar-refractivity contribution in [2.24, 2.45) is 5.41 Å². The molecule has 3 heteroatoms. The van der Waals surface area contributed by atoms with Crippen molar-refractivity contribution >= 4 is 17.5 Å². The van der Waals surface area contributed by atoms with Gasteiger partial charge in [0.25, 0.3) is 0 Å². The highest BCUT2D eigenvalue weighted by atomic mass is 35.5. The highest BCUT2D eigenvalue weighted by Gasteiger charge is 2.27. The summed E-state index contributed by atoms with van der Waals surface area (Å²) in [6.45, 7) is 6.21. The molecule has 1 amide bonds. The van der Waals surface area contributed by atoms with Crippen molar-refractivity contribution in [3.8, 4) is 0 Å². The largest absolute Gasteiger partial charge is 0.352 e. The standard InChI is InChI=1S/C11H20ClNO/c1-11(2,3)7-10(14)13-9-6-4-5-8(9)12/h8-9H,4-7H2,1-3H3,(H,13,14). The molecule has 2 unspecified atom stereocenters. The van der Waals surface area contributed by atoms with Crippen LogP contribution in [0, 0.1) is 5.41 Å². The summed E-state index contributed by atoms with van der Waals surface area (Å²) in [5.74, 6) is 0.134. The zero-order valence-corrected chi connectivity index (χ0v) is 10.0. The predicted octanol–water partition coefficient (Wildman–Crippen LogP) is 2.70. The normalized spacial score (nSPS) is 27.7. The van der Waals surface area contributed by atoms with Gasteiger partial charge in [-0.15, -0.1) is 11.6 Å². The molecular weight excluding hydrogens is 198 g/mol. The van der Waals surface area contributed by atoms with E-state index in [1.807, 2.05) is 0 Å². The Morgan fingerprint density at radius 1 is 1.43 bits per heavy atom. The first kappa shape index (κ1) is 11.8. The Labute approximate surface area is 91.4 Å². The molecule has 0 radical (unpaired) electrons. The number of carbonyl (C=O) groups excluding carboxylic acids is 1. The van der Waals surface area contributed by atoms with Crippen LogP contribution >= 0.6 is 11.6 Å². The number of halogens is 1. The van der Waals surface area contributed by atoms with Gasteiger partial charge in [-0.3, -0.25) is 4.79 Å². The molecule has 0 heterocycles. The Balaban J connectivity index is 2.33. The quantitative estimate of drug-likeness (QED) is 0.709. The lowest BCUT2D eigenvalue weighted by atomic mass is 9.92. The molecule has 0 aliphatic heterocycles. The Morgan fingerprint density at radius 2 is 2.07 bits per heavy atom. The van der Waals surface area contributed by atoms with Gasteiger partial charge in [0.2, 0.25) is 5.91 Å². The van der Waals surface area contributed by atoms with Gasteiger partial charge in [-0.1, -0.05) is 20.8 Å². The molecule has 14 heavy (non-hydrogen) atoms. The topological polar surface area (TPSA) is 29.1 Å². The minimum atomic E-state index is 0.0600. The first-order valence-corrected chi connectivity index (χ1v) is 5.75. The predicted molar refractivity (Wildman–Crippen MR) is 59.5 cm³/mol. The van der Waals surface area contributed by atoms with Crippen molar-refractivity contribution in [3.63, 3.8) is 0 Å². The lowest BCUT2D eigenvalue weighted by Crippen LogP contribution is -2.39. The van der Waals surface area contributed by atoms with Gasteiger partial charge in [0.15, 0.2) is 0 Å². The van der Waals surface area contributed by atoms with Gasteiger partial charge >= 0.3 is 0 Å². The van der Waals surface area contributed by atoms with Gasteiger partial charge in [-0.05, 0) is 24.7 Å². The number of amides is 1. The van der Waals surface area contributed by atoms with E-state index in [4.69, 9.17) is 11.6 Å². The smallest absolute Gasteiger partial charge is 0.220 e. The van der Waals surface area contributed by atoms with Crippen LogP contribution < -0.4 is 5.32 Å². The maximum absolute atomic E-state index is 11.6. The molecule has 0 bridgehead atoms. The van der Waals surface area contributed by atoms with Crippen molar-refractivity contribution in [2.45, 2.75) is 57.9 Å². The molecule has 0 saturated heterocycles. The van der Waals surface area contributed by atoms with Gasteiger partial charge in [0, 0.05) is 12.5 Å². The van der Waals surface area contributed by atoms with Crippen LogP contribution in [-0.4, -0.2) is 17.3 Å². The fourth-order valence-corrected chi connectivity index (χ4v) is 2.16. The van der Waals surface area contributed by atoms with Crippen LogP contribution in [0.2, 0.25) is 0 Å². The Bertz CT molecular complexity index is 210. The summed E-state index contributed by atoms with van der Waals surface area (Å²) in [7, 11) is 0. The molecule has 1 N–H and O–H groups in total. The van der Waals surface area contributed by atoms with Crippen molar-refractivity contribution < 1.29 is 4.79 Å². The minimum absolute atomic E-state index is 0.0600. The Kier molecular flexibility index (Phi) is 3.82. The number of alkyl halides is 1. The first-order chi connectivity index (χ1) is 6.38. The second kappa shape index (κ2) is 4.52. The van der Waals surface area contributed by atoms with Crippen LogP contribution in [-0.2, 0) is 4.79 Å². The highest BCUT2D eigenvalue weighted by Crippen LogP contribution is 2.25. The molecule has 1 aliphatic rings. The summed E-state index contributed by atoms with van der Waals surface area (Å²) in [4.78, 5) is 11.6. The van der Waals surface area contributed by atoms with Crippen LogP contribution in [0.3, 0.4) is 0 Å². The van der Waals surface area contributed by atoms with E-state index in [1.54, 1.807) is 0 Å². The minimum Gasteiger partial charge on any atom is -0.352 e. The molecule has 1 saturated carbocycles. The summed E-state index contributed by atoms with van der Waals surface area (Å²) in [5.41, 5.74) is 0.0600. The van der Waals surface area contributed by atoms with E-state index in [0.717, 1.165) is 19.3 Å². The van der Waals surface area contributed by atoms with Crippen LogP contribution in [0.1, 0.15) is 46.5 Å². The third kappa shape index (κ3) is 3.87. The van der Waals surface area contributed by atoms with Crippen molar-refractivity contribution in [1.29, 1.82) is 0 Å². The lowest BCUT2D eigenvalue weighted by molar-refractivity contribution is -0.123.